The van der Waals surface area contributed by atoms with Gasteiger partial charge in [0.1, 0.15) is 11.5 Å². The van der Waals surface area contributed by atoms with E-state index >= 15 is 0 Å². The SMILES string of the molecule is Cc1cccc(F)c1C(=O)c1c[nH]c(C(=O)O)c1. The average Bonchev–Trinajstić information content (AvgIpc) is 2.77. The molecule has 0 aliphatic rings. The summed E-state index contributed by atoms with van der Waals surface area (Å²) in [5.41, 5.74) is 0.499. The molecule has 0 saturated carbocycles. The third-order valence-corrected chi connectivity index (χ3v) is 2.62. The van der Waals surface area contributed by atoms with Crippen molar-refractivity contribution in [1.82, 2.24) is 4.98 Å². The minimum absolute atomic E-state index is 0.0339. The molecule has 5 heteroatoms. The number of aromatic nitrogens is 1. The summed E-state index contributed by atoms with van der Waals surface area (Å²) in [5.74, 6) is -2.31. The lowest BCUT2D eigenvalue weighted by Gasteiger charge is -2.04. The van der Waals surface area contributed by atoms with Crippen LogP contribution in [0.3, 0.4) is 0 Å². The Balaban J connectivity index is 2.45. The molecule has 2 aromatic rings. The molecule has 92 valence electrons. The van der Waals surface area contributed by atoms with Gasteiger partial charge >= 0.3 is 5.97 Å². The molecular weight excluding hydrogens is 237 g/mol. The first-order valence-electron chi connectivity index (χ1n) is 5.22. The second-order valence-electron chi connectivity index (χ2n) is 3.87. The van der Waals surface area contributed by atoms with E-state index in [0.29, 0.717) is 5.56 Å². The van der Waals surface area contributed by atoms with Gasteiger partial charge < -0.3 is 10.1 Å². The summed E-state index contributed by atoms with van der Waals surface area (Å²) in [6.45, 7) is 1.63. The largest absolute Gasteiger partial charge is 0.477 e. The van der Waals surface area contributed by atoms with Gasteiger partial charge in [-0.1, -0.05) is 12.1 Å². The van der Waals surface area contributed by atoms with Gasteiger partial charge in [0, 0.05) is 11.8 Å². The number of carbonyl (C=O) groups excluding carboxylic acids is 1. The van der Waals surface area contributed by atoms with Crippen LogP contribution in [0.1, 0.15) is 32.0 Å². The van der Waals surface area contributed by atoms with Crippen molar-refractivity contribution in [3.8, 4) is 0 Å². The zero-order chi connectivity index (χ0) is 13.3. The molecule has 0 amide bonds. The van der Waals surface area contributed by atoms with E-state index in [4.69, 9.17) is 5.11 Å². The summed E-state index contributed by atoms with van der Waals surface area (Å²) in [6.07, 6.45) is 1.26. The van der Waals surface area contributed by atoms with E-state index in [9.17, 15) is 14.0 Å². The highest BCUT2D eigenvalue weighted by molar-refractivity contribution is 6.10. The van der Waals surface area contributed by atoms with Crippen LogP contribution in [-0.4, -0.2) is 21.8 Å². The van der Waals surface area contributed by atoms with Crippen LogP contribution in [-0.2, 0) is 0 Å². The number of nitrogens with one attached hydrogen (secondary N) is 1. The molecule has 4 nitrogen and oxygen atoms in total. The van der Waals surface area contributed by atoms with Gasteiger partial charge in [-0.15, -0.1) is 0 Å². The normalized spacial score (nSPS) is 10.3. The Bertz CT molecular complexity index is 611. The molecule has 0 atom stereocenters. The lowest BCUT2D eigenvalue weighted by atomic mass is 10.0. The summed E-state index contributed by atoms with van der Waals surface area (Å²) in [7, 11) is 0. The summed E-state index contributed by atoms with van der Waals surface area (Å²) in [5, 5.41) is 8.74. The van der Waals surface area contributed by atoms with Crippen LogP contribution in [0.2, 0.25) is 0 Å². The van der Waals surface area contributed by atoms with Crippen LogP contribution < -0.4 is 0 Å². The Morgan fingerprint density at radius 3 is 2.61 bits per heavy atom. The lowest BCUT2D eigenvalue weighted by molar-refractivity contribution is 0.0691. The van der Waals surface area contributed by atoms with Crippen molar-refractivity contribution in [1.29, 1.82) is 0 Å². The fourth-order valence-corrected chi connectivity index (χ4v) is 1.71. The van der Waals surface area contributed by atoms with Crippen LogP contribution in [0.15, 0.2) is 30.5 Å². The lowest BCUT2D eigenvalue weighted by Crippen LogP contribution is -2.05. The minimum atomic E-state index is -1.17. The first kappa shape index (κ1) is 12.0. The molecule has 0 unspecified atom stereocenters. The molecular formula is C13H10FNO3. The standard InChI is InChI=1S/C13H10FNO3/c1-7-3-2-4-9(14)11(7)12(16)8-5-10(13(17)18)15-6-8/h2-6,15H,1H3,(H,17,18). The molecule has 1 aromatic carbocycles. The van der Waals surface area contributed by atoms with E-state index < -0.39 is 17.6 Å². The number of aryl methyl sites for hydroxylation is 1. The Morgan fingerprint density at radius 1 is 1.33 bits per heavy atom. The zero-order valence-corrected chi connectivity index (χ0v) is 9.53. The summed E-state index contributed by atoms with van der Waals surface area (Å²) in [4.78, 5) is 25.2. The fraction of sp³-hybridized carbons (Fsp3) is 0.0769. The molecule has 18 heavy (non-hydrogen) atoms. The van der Waals surface area contributed by atoms with Gasteiger partial charge in [0.05, 0.1) is 5.56 Å². The molecule has 2 N–H and O–H groups in total. The van der Waals surface area contributed by atoms with Gasteiger partial charge in [0.25, 0.3) is 0 Å². The van der Waals surface area contributed by atoms with Crippen molar-refractivity contribution in [3.63, 3.8) is 0 Å². The molecule has 0 radical (unpaired) electrons. The Kier molecular flexibility index (Phi) is 2.97. The highest BCUT2D eigenvalue weighted by Crippen LogP contribution is 2.18. The number of aromatic amines is 1. The maximum absolute atomic E-state index is 13.6. The highest BCUT2D eigenvalue weighted by Gasteiger charge is 2.18. The summed E-state index contributed by atoms with van der Waals surface area (Å²) in [6, 6.07) is 5.53. The van der Waals surface area contributed by atoms with E-state index in [0.717, 1.165) is 0 Å². The van der Waals surface area contributed by atoms with Crippen molar-refractivity contribution >= 4 is 11.8 Å². The van der Waals surface area contributed by atoms with Crippen molar-refractivity contribution in [3.05, 3.63) is 58.7 Å². The van der Waals surface area contributed by atoms with Crippen LogP contribution >= 0.6 is 0 Å². The molecule has 2 rings (SSSR count). The van der Waals surface area contributed by atoms with Gasteiger partial charge in [-0.25, -0.2) is 9.18 Å². The van der Waals surface area contributed by atoms with E-state index in [-0.39, 0.29) is 16.8 Å². The Hall–Kier alpha value is -2.43. The number of hydrogen-bond donors (Lipinski definition) is 2. The molecule has 1 heterocycles. The molecule has 0 fully saturated rings. The number of carbonyl (C=O) groups is 2. The molecule has 1 aromatic heterocycles. The van der Waals surface area contributed by atoms with Crippen molar-refractivity contribution in [2.45, 2.75) is 6.92 Å². The number of ketones is 1. The third kappa shape index (κ3) is 2.02. The fourth-order valence-electron chi connectivity index (χ4n) is 1.71. The first-order chi connectivity index (χ1) is 8.50. The van der Waals surface area contributed by atoms with Crippen LogP contribution in [0, 0.1) is 12.7 Å². The number of aromatic carboxylic acids is 1. The topological polar surface area (TPSA) is 70.2 Å². The third-order valence-electron chi connectivity index (χ3n) is 2.62. The number of carboxylic acids is 1. The van der Waals surface area contributed by atoms with Crippen molar-refractivity contribution in [2.24, 2.45) is 0 Å². The number of hydrogen-bond acceptors (Lipinski definition) is 2. The second-order valence-corrected chi connectivity index (χ2v) is 3.87. The van der Waals surface area contributed by atoms with Crippen molar-refractivity contribution < 1.29 is 19.1 Å². The van der Waals surface area contributed by atoms with Crippen LogP contribution in [0.4, 0.5) is 4.39 Å². The summed E-state index contributed by atoms with van der Waals surface area (Å²) < 4.78 is 13.6. The zero-order valence-electron chi connectivity index (χ0n) is 9.53. The Labute approximate surface area is 102 Å². The Morgan fingerprint density at radius 2 is 2.06 bits per heavy atom. The number of carboxylic acid groups (broad SMARTS) is 1. The van der Waals surface area contributed by atoms with E-state index in [1.54, 1.807) is 13.0 Å². The maximum atomic E-state index is 13.6. The molecule has 0 aliphatic carbocycles. The van der Waals surface area contributed by atoms with E-state index in [1.165, 1.54) is 24.4 Å². The van der Waals surface area contributed by atoms with Crippen molar-refractivity contribution in [2.75, 3.05) is 0 Å². The number of benzene rings is 1. The number of rotatable bonds is 3. The maximum Gasteiger partial charge on any atom is 0.352 e. The first-order valence-corrected chi connectivity index (χ1v) is 5.22. The van der Waals surface area contributed by atoms with Gasteiger partial charge in [0.2, 0.25) is 0 Å². The monoisotopic (exact) mass is 247 g/mol. The highest BCUT2D eigenvalue weighted by atomic mass is 19.1. The smallest absolute Gasteiger partial charge is 0.352 e. The quantitative estimate of drug-likeness (QED) is 0.818. The predicted octanol–water partition coefficient (Wildman–Crippen LogP) is 2.39. The molecule has 0 spiro atoms. The second kappa shape index (κ2) is 4.44. The summed E-state index contributed by atoms with van der Waals surface area (Å²) >= 11 is 0. The van der Waals surface area contributed by atoms with Crippen LogP contribution in [0.25, 0.3) is 0 Å². The molecule has 0 aliphatic heterocycles. The number of H-pyrrole nitrogens is 1. The number of halogens is 1. The van der Waals surface area contributed by atoms with E-state index in [2.05, 4.69) is 4.98 Å². The molecule has 0 saturated heterocycles. The van der Waals surface area contributed by atoms with Gasteiger partial charge in [0.15, 0.2) is 5.78 Å². The van der Waals surface area contributed by atoms with Gasteiger partial charge in [-0.2, -0.15) is 0 Å². The average molecular weight is 247 g/mol. The predicted molar refractivity (Wildman–Crippen MR) is 62.3 cm³/mol. The van der Waals surface area contributed by atoms with Crippen LogP contribution in [0.5, 0.6) is 0 Å². The van der Waals surface area contributed by atoms with Gasteiger partial charge in [-0.05, 0) is 24.6 Å². The van der Waals surface area contributed by atoms with E-state index in [1.807, 2.05) is 0 Å². The minimum Gasteiger partial charge on any atom is -0.477 e. The van der Waals surface area contributed by atoms with Gasteiger partial charge in [-0.3, -0.25) is 4.79 Å². The molecule has 0 bridgehead atoms.